The molecule has 2 aliphatic carbocycles. The van der Waals surface area contributed by atoms with Crippen LogP contribution >= 0.6 is 11.6 Å². The molecule has 5 unspecified atom stereocenters. The van der Waals surface area contributed by atoms with E-state index in [1.807, 2.05) is 39.2 Å². The van der Waals surface area contributed by atoms with Crippen LogP contribution in [-0.2, 0) is 27.6 Å². The fraction of sp³-hybridized carbons (Fsp3) is 0.559. The molecule has 1 fully saturated rings. The third-order valence-corrected chi connectivity index (χ3v) is 11.0. The van der Waals surface area contributed by atoms with E-state index in [4.69, 9.17) is 21.1 Å². The van der Waals surface area contributed by atoms with Crippen molar-refractivity contribution in [1.29, 1.82) is 0 Å². The number of rotatable bonds is 9. The van der Waals surface area contributed by atoms with Crippen molar-refractivity contribution < 1.29 is 18.5 Å². The summed E-state index contributed by atoms with van der Waals surface area (Å²) in [6.07, 6.45) is 9.75. The van der Waals surface area contributed by atoms with Gasteiger partial charge in [-0.2, -0.15) is 0 Å². The number of anilines is 1. The Morgan fingerprint density at radius 1 is 1.29 bits per heavy atom. The summed E-state index contributed by atoms with van der Waals surface area (Å²) >= 11 is 6.43. The lowest BCUT2D eigenvalue weighted by Crippen LogP contribution is -2.52. The van der Waals surface area contributed by atoms with E-state index in [0.717, 1.165) is 61.7 Å². The SMILES string of the molecule is CC/C=C/C(OC)C1CC(C)C1CN1C[C@@]2(CCCc3cc(Cl)ccc32)COc2ccc(C(=O)NS(=O)C(C)C)cc21. The maximum absolute atomic E-state index is 13.2. The molecule has 0 aromatic heterocycles. The molecule has 5 rings (SSSR count). The number of carbonyl (C=O) groups excluding carboxylic acids is 1. The van der Waals surface area contributed by atoms with Crippen molar-refractivity contribution in [2.45, 2.75) is 76.6 Å². The fourth-order valence-corrected chi connectivity index (χ4v) is 7.87. The van der Waals surface area contributed by atoms with Gasteiger partial charge in [-0.1, -0.05) is 43.7 Å². The van der Waals surface area contributed by atoms with E-state index >= 15 is 0 Å². The van der Waals surface area contributed by atoms with Gasteiger partial charge in [0.1, 0.15) is 16.7 Å². The van der Waals surface area contributed by atoms with Gasteiger partial charge in [-0.05, 0) is 105 Å². The van der Waals surface area contributed by atoms with Gasteiger partial charge in [-0.15, -0.1) is 0 Å². The van der Waals surface area contributed by atoms with Crippen LogP contribution in [0.15, 0.2) is 48.6 Å². The molecule has 1 amide bonds. The molecule has 6 atom stereocenters. The lowest BCUT2D eigenvalue weighted by molar-refractivity contribution is -0.0229. The Hall–Kier alpha value is -2.35. The normalized spacial score (nSPS) is 26.6. The summed E-state index contributed by atoms with van der Waals surface area (Å²) in [4.78, 5) is 15.6. The number of nitrogens with one attached hydrogen (secondary N) is 1. The molecule has 42 heavy (non-hydrogen) atoms. The molecule has 1 N–H and O–H groups in total. The molecular formula is C34H45ClN2O4S. The average Bonchev–Trinajstić information content (AvgIpc) is 3.12. The van der Waals surface area contributed by atoms with Gasteiger partial charge in [0.15, 0.2) is 0 Å². The van der Waals surface area contributed by atoms with E-state index < -0.39 is 11.0 Å². The Labute approximate surface area is 258 Å². The fourth-order valence-electron chi connectivity index (χ4n) is 7.14. The lowest BCUT2D eigenvalue weighted by Gasteiger charge is -2.49. The molecule has 1 spiro atoms. The quantitative estimate of drug-likeness (QED) is 0.313. The lowest BCUT2D eigenvalue weighted by atomic mass is 9.62. The summed E-state index contributed by atoms with van der Waals surface area (Å²) in [7, 11) is 0.362. The monoisotopic (exact) mass is 612 g/mol. The maximum atomic E-state index is 13.2. The van der Waals surface area contributed by atoms with Crippen LogP contribution in [0, 0.1) is 17.8 Å². The van der Waals surface area contributed by atoms with E-state index in [0.29, 0.717) is 29.9 Å². The van der Waals surface area contributed by atoms with Crippen molar-refractivity contribution in [1.82, 2.24) is 4.72 Å². The molecular weight excluding hydrogens is 568 g/mol. The number of fused-ring (bicyclic) bond motifs is 3. The standard InChI is InChI=1S/C34H45ClN2O4S/c1-6-7-10-31(40-5)27-16-23(4)28(27)19-37-20-34(15-8-9-24-17-26(35)12-13-29(24)34)21-41-32-14-11-25(18-30(32)37)33(38)36-42(39)22(2)3/h7,10-14,17-18,22-23,27-28,31H,6,8-9,15-16,19-21H2,1-5H3,(H,36,38)/b10-7+/t23?,27?,28?,31?,34-,42?/m0/s1. The van der Waals surface area contributed by atoms with E-state index in [2.05, 4.69) is 47.8 Å². The first-order valence-corrected chi connectivity index (χ1v) is 17.0. The number of nitrogens with zero attached hydrogens (tertiary/aromatic N) is 1. The molecule has 228 valence electrons. The van der Waals surface area contributed by atoms with Crippen molar-refractivity contribution in [3.63, 3.8) is 0 Å². The van der Waals surface area contributed by atoms with Gasteiger partial charge >= 0.3 is 0 Å². The van der Waals surface area contributed by atoms with Gasteiger partial charge in [0, 0.05) is 41.5 Å². The van der Waals surface area contributed by atoms with Gasteiger partial charge < -0.3 is 14.4 Å². The number of carbonyl (C=O) groups is 1. The maximum Gasteiger partial charge on any atom is 0.263 e. The van der Waals surface area contributed by atoms with E-state index in [9.17, 15) is 9.00 Å². The van der Waals surface area contributed by atoms with Crippen molar-refractivity contribution in [3.8, 4) is 5.75 Å². The second-order valence-corrected chi connectivity index (χ2v) is 14.8. The summed E-state index contributed by atoms with van der Waals surface area (Å²) in [6.45, 7) is 10.3. The van der Waals surface area contributed by atoms with Crippen molar-refractivity contribution in [2.75, 3.05) is 31.7 Å². The van der Waals surface area contributed by atoms with Crippen LogP contribution in [0.1, 0.15) is 74.9 Å². The molecule has 3 aliphatic rings. The average molecular weight is 613 g/mol. The number of benzene rings is 2. The molecule has 1 heterocycles. The highest BCUT2D eigenvalue weighted by Gasteiger charge is 2.46. The number of halogens is 1. The van der Waals surface area contributed by atoms with Gasteiger partial charge in [-0.3, -0.25) is 9.52 Å². The molecule has 8 heteroatoms. The van der Waals surface area contributed by atoms with Crippen LogP contribution < -0.4 is 14.4 Å². The third-order valence-electron chi connectivity index (χ3n) is 9.53. The Morgan fingerprint density at radius 3 is 2.81 bits per heavy atom. The van der Waals surface area contributed by atoms with E-state index in [1.165, 1.54) is 11.1 Å². The molecule has 0 saturated heterocycles. The summed E-state index contributed by atoms with van der Waals surface area (Å²) < 4.78 is 27.7. The van der Waals surface area contributed by atoms with Gasteiger partial charge in [-0.25, -0.2) is 4.21 Å². The van der Waals surface area contributed by atoms with Crippen LogP contribution in [0.4, 0.5) is 5.69 Å². The zero-order valence-electron chi connectivity index (χ0n) is 25.5. The van der Waals surface area contributed by atoms with Crippen LogP contribution in [0.25, 0.3) is 0 Å². The summed E-state index contributed by atoms with van der Waals surface area (Å²) in [5.41, 5.74) is 3.84. The van der Waals surface area contributed by atoms with E-state index in [1.54, 1.807) is 6.07 Å². The second-order valence-electron chi connectivity index (χ2n) is 12.6. The molecule has 0 bridgehead atoms. The van der Waals surface area contributed by atoms with Gasteiger partial charge in [0.05, 0.1) is 18.4 Å². The molecule has 2 aromatic rings. The van der Waals surface area contributed by atoms with Crippen molar-refractivity contribution in [3.05, 3.63) is 70.3 Å². The van der Waals surface area contributed by atoms with Crippen LogP contribution in [0.3, 0.4) is 0 Å². The zero-order chi connectivity index (χ0) is 30.0. The highest BCUT2D eigenvalue weighted by molar-refractivity contribution is 7.84. The molecule has 1 aliphatic heterocycles. The Bertz CT molecular complexity index is 1350. The van der Waals surface area contributed by atoms with Gasteiger partial charge in [0.2, 0.25) is 0 Å². The number of hydrogen-bond acceptors (Lipinski definition) is 5. The minimum Gasteiger partial charge on any atom is -0.490 e. The number of ether oxygens (including phenoxy) is 2. The minimum absolute atomic E-state index is 0.0866. The molecule has 1 saturated carbocycles. The highest BCUT2D eigenvalue weighted by Crippen LogP contribution is 2.48. The zero-order valence-corrected chi connectivity index (χ0v) is 27.1. The van der Waals surface area contributed by atoms with E-state index in [-0.39, 0.29) is 22.7 Å². The summed E-state index contributed by atoms with van der Waals surface area (Å²) in [5.74, 6) is 1.86. The highest BCUT2D eigenvalue weighted by atomic mass is 35.5. The first-order chi connectivity index (χ1) is 20.2. The predicted octanol–water partition coefficient (Wildman–Crippen LogP) is 6.87. The minimum atomic E-state index is -1.45. The number of methoxy groups -OCH3 is 1. The summed E-state index contributed by atoms with van der Waals surface area (Å²) in [6, 6.07) is 11.9. The van der Waals surface area contributed by atoms with Crippen molar-refractivity contribution in [2.24, 2.45) is 17.8 Å². The first kappa shape index (κ1) is 31.1. The number of aryl methyl sites for hydroxylation is 1. The number of hydrogen-bond donors (Lipinski definition) is 1. The Kier molecular flexibility index (Phi) is 9.70. The molecule has 2 aromatic carbocycles. The van der Waals surface area contributed by atoms with Crippen LogP contribution in [0.2, 0.25) is 5.02 Å². The Morgan fingerprint density at radius 2 is 2.10 bits per heavy atom. The number of amides is 1. The topological polar surface area (TPSA) is 67.9 Å². The molecule has 6 nitrogen and oxygen atoms in total. The van der Waals surface area contributed by atoms with Crippen molar-refractivity contribution >= 4 is 34.2 Å². The Balaban J connectivity index is 1.53. The van der Waals surface area contributed by atoms with Gasteiger partial charge in [0.25, 0.3) is 5.91 Å². The first-order valence-electron chi connectivity index (χ1n) is 15.4. The predicted molar refractivity (Wildman–Crippen MR) is 172 cm³/mol. The number of allylic oxidation sites excluding steroid dienone is 1. The second kappa shape index (κ2) is 13.1. The largest absolute Gasteiger partial charge is 0.490 e. The molecule has 0 radical (unpaired) electrons. The van der Waals surface area contributed by atoms with Crippen LogP contribution in [0.5, 0.6) is 5.75 Å². The smallest absolute Gasteiger partial charge is 0.263 e. The van der Waals surface area contributed by atoms with Crippen LogP contribution in [-0.4, -0.2) is 48.3 Å². The summed E-state index contributed by atoms with van der Waals surface area (Å²) in [5, 5.41) is 0.605. The third kappa shape index (κ3) is 6.29.